The highest BCUT2D eigenvalue weighted by molar-refractivity contribution is 5.79. The van der Waals surface area contributed by atoms with Gasteiger partial charge in [-0.2, -0.15) is 0 Å². The molecule has 0 saturated carbocycles. The lowest BCUT2D eigenvalue weighted by Crippen LogP contribution is -3.02. The molecule has 5 nitrogen and oxygen atoms in total. The van der Waals surface area contributed by atoms with E-state index >= 15 is 0 Å². The van der Waals surface area contributed by atoms with Crippen LogP contribution in [0.4, 0.5) is 0 Å². The Morgan fingerprint density at radius 3 is 2.56 bits per heavy atom. The van der Waals surface area contributed by atoms with E-state index in [0.29, 0.717) is 26.2 Å². The Morgan fingerprint density at radius 1 is 1.12 bits per heavy atom. The zero-order chi connectivity index (χ0) is 18.1. The molecular formula is C20H30NO4+. The summed E-state index contributed by atoms with van der Waals surface area (Å²) >= 11 is 0. The molecule has 1 aromatic carbocycles. The Hall–Kier alpha value is -1.88. The highest BCUT2D eigenvalue weighted by Crippen LogP contribution is 2.07. The Balaban J connectivity index is 1.86. The Labute approximate surface area is 150 Å². The number of carbonyl (C=O) groups is 2. The van der Waals surface area contributed by atoms with E-state index in [0.717, 1.165) is 29.7 Å². The van der Waals surface area contributed by atoms with Gasteiger partial charge in [-0.15, -0.1) is 0 Å². The van der Waals surface area contributed by atoms with E-state index in [9.17, 15) is 9.59 Å². The van der Waals surface area contributed by atoms with E-state index in [1.165, 1.54) is 6.42 Å². The summed E-state index contributed by atoms with van der Waals surface area (Å²) in [6, 6.07) is 9.27. The van der Waals surface area contributed by atoms with Gasteiger partial charge in [-0.1, -0.05) is 56.5 Å². The fourth-order valence-corrected chi connectivity index (χ4v) is 3.06. The van der Waals surface area contributed by atoms with Gasteiger partial charge in [0.1, 0.15) is 6.54 Å². The van der Waals surface area contributed by atoms with Gasteiger partial charge in [-0.3, -0.25) is 0 Å². The number of hydrogen-bond acceptors (Lipinski definition) is 4. The lowest BCUT2D eigenvalue weighted by molar-refractivity contribution is -0.789. The number of quaternary nitrogens is 1. The summed E-state index contributed by atoms with van der Waals surface area (Å²) in [4.78, 5) is 25.5. The van der Waals surface area contributed by atoms with Crippen LogP contribution in [0.25, 0.3) is 0 Å². The maximum absolute atomic E-state index is 12.3. The molecular weight excluding hydrogens is 318 g/mol. The summed E-state index contributed by atoms with van der Waals surface area (Å²) < 4.78 is 10.6. The van der Waals surface area contributed by atoms with Crippen LogP contribution in [0.15, 0.2) is 30.3 Å². The van der Waals surface area contributed by atoms with Crippen molar-refractivity contribution in [2.45, 2.75) is 58.0 Å². The summed E-state index contributed by atoms with van der Waals surface area (Å²) in [5.41, 5.74) is 1.08. The minimum atomic E-state index is -0.347. The minimum absolute atomic E-state index is 0.186. The predicted molar refractivity (Wildman–Crippen MR) is 95.3 cm³/mol. The van der Waals surface area contributed by atoms with Crippen LogP contribution in [0.5, 0.6) is 0 Å². The molecule has 1 fully saturated rings. The number of hydrogen-bond donors (Lipinski definition) is 1. The average Bonchev–Trinajstić information content (AvgIpc) is 3.41. The standard InChI is InChI=1S/C20H29NO4/c1-3-5-6-10-13-25-20(23)18-15-21(18)17(19(22)24-4-2)14-16-11-8-7-9-12-16/h7-9,11-12,17-18H,3-6,10,13-15H2,1-2H3/p+1/t17-,18+,21?/m0/s1. The quantitative estimate of drug-likeness (QED) is 0.374. The molecule has 3 atom stereocenters. The van der Waals surface area contributed by atoms with Crippen molar-refractivity contribution in [3.05, 3.63) is 35.9 Å². The molecule has 1 unspecified atom stereocenters. The van der Waals surface area contributed by atoms with Gasteiger partial charge in [0.15, 0.2) is 6.04 Å². The molecule has 138 valence electrons. The molecule has 1 aliphatic rings. The van der Waals surface area contributed by atoms with Crippen LogP contribution in [0.2, 0.25) is 0 Å². The third-order valence-electron chi connectivity index (χ3n) is 4.56. The van der Waals surface area contributed by atoms with E-state index in [1.807, 2.05) is 30.3 Å². The molecule has 0 radical (unpaired) electrons. The third-order valence-corrected chi connectivity index (χ3v) is 4.56. The molecule has 0 bridgehead atoms. The molecule has 2 rings (SSSR count). The fraction of sp³-hybridized carbons (Fsp3) is 0.600. The van der Waals surface area contributed by atoms with Crippen molar-refractivity contribution in [2.75, 3.05) is 19.8 Å². The van der Waals surface area contributed by atoms with Crippen LogP contribution in [0.1, 0.15) is 45.1 Å². The van der Waals surface area contributed by atoms with Crippen molar-refractivity contribution in [1.29, 1.82) is 0 Å². The molecule has 1 N–H and O–H groups in total. The highest BCUT2D eigenvalue weighted by atomic mass is 16.5. The number of unbranched alkanes of at least 4 members (excludes halogenated alkanes) is 3. The van der Waals surface area contributed by atoms with Crippen LogP contribution in [-0.4, -0.2) is 43.8 Å². The molecule has 0 spiro atoms. The lowest BCUT2D eigenvalue weighted by atomic mass is 10.1. The van der Waals surface area contributed by atoms with Crippen molar-refractivity contribution in [1.82, 2.24) is 0 Å². The van der Waals surface area contributed by atoms with Crippen molar-refractivity contribution in [3.63, 3.8) is 0 Å². The molecule has 1 aromatic rings. The molecule has 0 aromatic heterocycles. The molecule has 1 aliphatic heterocycles. The number of benzene rings is 1. The van der Waals surface area contributed by atoms with Crippen molar-refractivity contribution in [3.8, 4) is 0 Å². The van der Waals surface area contributed by atoms with Gasteiger partial charge in [0.25, 0.3) is 0 Å². The zero-order valence-corrected chi connectivity index (χ0v) is 15.3. The predicted octanol–water partition coefficient (Wildman–Crippen LogP) is 1.55. The van der Waals surface area contributed by atoms with Crippen LogP contribution < -0.4 is 4.90 Å². The maximum Gasteiger partial charge on any atom is 0.371 e. The smallest absolute Gasteiger partial charge is 0.371 e. The molecule has 0 amide bonds. The first kappa shape index (κ1) is 19.4. The first-order valence-electron chi connectivity index (χ1n) is 9.40. The van der Waals surface area contributed by atoms with Crippen LogP contribution in [-0.2, 0) is 25.5 Å². The van der Waals surface area contributed by atoms with Crippen molar-refractivity contribution in [2.24, 2.45) is 0 Å². The molecule has 0 aliphatic carbocycles. The van der Waals surface area contributed by atoms with E-state index in [2.05, 4.69) is 6.92 Å². The number of esters is 2. The Bertz CT molecular complexity index is 546. The largest absolute Gasteiger partial charge is 0.462 e. The molecule has 25 heavy (non-hydrogen) atoms. The summed E-state index contributed by atoms with van der Waals surface area (Å²) in [5, 5.41) is 0. The molecule has 5 heteroatoms. The minimum Gasteiger partial charge on any atom is -0.462 e. The Kier molecular flexibility index (Phi) is 7.92. The van der Waals surface area contributed by atoms with Crippen molar-refractivity contribution >= 4 is 11.9 Å². The fourth-order valence-electron chi connectivity index (χ4n) is 3.06. The van der Waals surface area contributed by atoms with Crippen LogP contribution >= 0.6 is 0 Å². The number of rotatable bonds is 11. The molecule has 1 saturated heterocycles. The second-order valence-corrected chi connectivity index (χ2v) is 6.55. The van der Waals surface area contributed by atoms with E-state index in [-0.39, 0.29) is 24.0 Å². The summed E-state index contributed by atoms with van der Waals surface area (Å²) in [7, 11) is 0. The van der Waals surface area contributed by atoms with Gasteiger partial charge < -0.3 is 14.4 Å². The second-order valence-electron chi connectivity index (χ2n) is 6.55. The van der Waals surface area contributed by atoms with E-state index < -0.39 is 0 Å². The average molecular weight is 348 g/mol. The second kappa shape index (κ2) is 10.2. The first-order valence-corrected chi connectivity index (χ1v) is 9.40. The third kappa shape index (κ3) is 6.16. The van der Waals surface area contributed by atoms with Crippen LogP contribution in [0.3, 0.4) is 0 Å². The zero-order valence-electron chi connectivity index (χ0n) is 15.3. The monoisotopic (exact) mass is 348 g/mol. The van der Waals surface area contributed by atoms with Gasteiger partial charge in [-0.25, -0.2) is 9.59 Å². The molecule has 1 heterocycles. The SMILES string of the molecule is CCCCCCOC(=O)[C@H]1C[NH+]1[C@@H](Cc1ccccc1)C(=O)OCC. The van der Waals surface area contributed by atoms with Gasteiger partial charge in [0.2, 0.25) is 6.04 Å². The maximum atomic E-state index is 12.3. The topological polar surface area (TPSA) is 57.0 Å². The Morgan fingerprint density at radius 2 is 1.88 bits per heavy atom. The summed E-state index contributed by atoms with van der Waals surface area (Å²) in [6.45, 7) is 5.43. The van der Waals surface area contributed by atoms with Gasteiger partial charge >= 0.3 is 11.9 Å². The van der Waals surface area contributed by atoms with Crippen LogP contribution in [0, 0.1) is 0 Å². The number of ether oxygens (including phenoxy) is 2. The summed E-state index contributed by atoms with van der Waals surface area (Å²) in [6.07, 6.45) is 4.91. The van der Waals surface area contributed by atoms with Gasteiger partial charge in [0.05, 0.1) is 13.2 Å². The van der Waals surface area contributed by atoms with E-state index in [4.69, 9.17) is 9.47 Å². The van der Waals surface area contributed by atoms with Crippen molar-refractivity contribution < 1.29 is 24.0 Å². The lowest BCUT2D eigenvalue weighted by Gasteiger charge is -2.14. The summed E-state index contributed by atoms with van der Waals surface area (Å²) in [5.74, 6) is -0.423. The van der Waals surface area contributed by atoms with Gasteiger partial charge in [0, 0.05) is 6.42 Å². The number of carbonyl (C=O) groups excluding carboxylic acids is 2. The number of nitrogens with one attached hydrogen (secondary N) is 1. The highest BCUT2D eigenvalue weighted by Gasteiger charge is 2.54. The van der Waals surface area contributed by atoms with Gasteiger partial charge in [-0.05, 0) is 18.9 Å². The first-order chi connectivity index (χ1) is 12.2. The van der Waals surface area contributed by atoms with E-state index in [1.54, 1.807) is 6.92 Å². The normalized spacial score (nSPS) is 19.9.